The van der Waals surface area contributed by atoms with Gasteiger partial charge in [-0.15, -0.1) is 0 Å². The third-order valence-corrected chi connectivity index (χ3v) is 4.93. The van der Waals surface area contributed by atoms with Crippen LogP contribution in [0.1, 0.15) is 26.3 Å². The van der Waals surface area contributed by atoms with Crippen LogP contribution in [0, 0.1) is 0 Å². The molecule has 1 heterocycles. The predicted octanol–water partition coefficient (Wildman–Crippen LogP) is 0.474. The molecule has 0 aliphatic carbocycles. The number of hydrogen-bond donors (Lipinski definition) is 1. The Morgan fingerprint density at radius 3 is 2.43 bits per heavy atom. The topological polar surface area (TPSA) is 66.7 Å². The van der Waals surface area contributed by atoms with Crippen molar-refractivity contribution in [2.24, 2.45) is 4.99 Å². The molecule has 21 heavy (non-hydrogen) atoms. The van der Waals surface area contributed by atoms with Crippen molar-refractivity contribution >= 4 is 32.3 Å². The van der Waals surface area contributed by atoms with Crippen molar-refractivity contribution in [2.45, 2.75) is 31.1 Å². The fourth-order valence-corrected chi connectivity index (χ4v) is 3.22. The second-order valence-electron chi connectivity index (χ2n) is 5.64. The maximum Gasteiger partial charge on any atom is 1.00 e. The van der Waals surface area contributed by atoms with Gasteiger partial charge in [-0.1, -0.05) is 26.0 Å². The van der Waals surface area contributed by atoms with Gasteiger partial charge in [0.1, 0.15) is 0 Å². The molecule has 0 unspecified atom stereocenters. The summed E-state index contributed by atoms with van der Waals surface area (Å²) >= 11 is 0. The van der Waals surface area contributed by atoms with Crippen LogP contribution in [0.3, 0.4) is 0 Å². The monoisotopic (exact) mass is 312 g/mol. The minimum Gasteiger partial charge on any atom is -0.282 e. The Labute approximate surface area is 146 Å². The van der Waals surface area contributed by atoms with E-state index in [-0.39, 0.29) is 39.9 Å². The molecule has 0 amide bonds. The largest absolute Gasteiger partial charge is 1.00 e. The first kappa shape index (κ1) is 16.6. The summed E-state index contributed by atoms with van der Waals surface area (Å²) in [6.45, 7) is 6.21. The number of hydrogen-bond acceptors (Lipinski definition) is 3. The van der Waals surface area contributed by atoms with E-state index in [0.717, 1.165) is 27.7 Å². The van der Waals surface area contributed by atoms with Crippen LogP contribution in [0.25, 0.3) is 10.8 Å². The second kappa shape index (κ2) is 5.18. The molecule has 6 heteroatoms. The zero-order chi connectivity index (χ0) is 14.7. The molecule has 0 fully saturated rings. The molecule has 0 aromatic heterocycles. The van der Waals surface area contributed by atoms with Gasteiger partial charge < -0.3 is 0 Å². The van der Waals surface area contributed by atoms with Crippen molar-refractivity contribution in [1.29, 1.82) is 0 Å². The van der Waals surface area contributed by atoms with Crippen molar-refractivity contribution in [2.75, 3.05) is 0 Å². The minimum absolute atomic E-state index is 0. The molecule has 1 aliphatic heterocycles. The predicted molar refractivity (Wildman–Crippen MR) is 79.6 cm³/mol. The second-order valence-corrected chi connectivity index (χ2v) is 7.06. The summed E-state index contributed by atoms with van der Waals surface area (Å²) in [6.07, 6.45) is 0. The Kier molecular flexibility index (Phi) is 4.10. The van der Waals surface area contributed by atoms with Crippen LogP contribution in [-0.4, -0.2) is 18.7 Å². The Morgan fingerprint density at radius 1 is 1.14 bits per heavy atom. The smallest absolute Gasteiger partial charge is 0.282 e. The van der Waals surface area contributed by atoms with Gasteiger partial charge in [0.2, 0.25) is 0 Å². The first-order valence-electron chi connectivity index (χ1n) is 6.32. The summed E-state index contributed by atoms with van der Waals surface area (Å²) in [6, 6.07) is 8.40. The fraction of sp³-hybridized carbons (Fsp3) is 0.267. The molecule has 3 rings (SSSR count). The third-order valence-electron chi connectivity index (χ3n) is 4.08. The average Bonchev–Trinajstić information content (AvgIpc) is 2.58. The Bertz CT molecular complexity index is 870. The number of fused-ring (bicyclic) bond motifs is 3. The number of rotatable bonds is 1. The zero-order valence-electron chi connectivity index (χ0n) is 12.5. The number of benzene rings is 2. The van der Waals surface area contributed by atoms with Crippen LogP contribution in [-0.2, 0) is 15.5 Å². The normalized spacial score (nSPS) is 16.3. The van der Waals surface area contributed by atoms with E-state index in [2.05, 4.69) is 18.8 Å². The first-order valence-corrected chi connectivity index (χ1v) is 7.76. The minimum atomic E-state index is -4.18. The van der Waals surface area contributed by atoms with Crippen molar-refractivity contribution < 1.29 is 42.5 Å². The van der Waals surface area contributed by atoms with Crippen LogP contribution in [0.15, 0.2) is 40.2 Å². The van der Waals surface area contributed by atoms with Gasteiger partial charge in [-0.3, -0.25) is 9.55 Å². The van der Waals surface area contributed by atoms with Gasteiger partial charge in [0.25, 0.3) is 10.1 Å². The Morgan fingerprint density at radius 2 is 1.81 bits per heavy atom. The summed E-state index contributed by atoms with van der Waals surface area (Å²) in [5.74, 6) is 0. The maximum atomic E-state index is 11.2. The van der Waals surface area contributed by atoms with Crippen molar-refractivity contribution in [3.63, 3.8) is 0 Å². The average molecular weight is 312 g/mol. The quantitative estimate of drug-likeness (QED) is 0.615. The van der Waals surface area contributed by atoms with Crippen molar-refractivity contribution in [3.8, 4) is 0 Å². The molecular formula is C15H15NNaO3S+. The van der Waals surface area contributed by atoms with Crippen LogP contribution in [0.5, 0.6) is 0 Å². The van der Waals surface area contributed by atoms with E-state index >= 15 is 0 Å². The molecule has 0 bridgehead atoms. The molecule has 0 saturated heterocycles. The molecule has 2 aromatic carbocycles. The van der Waals surface area contributed by atoms with E-state index in [4.69, 9.17) is 4.55 Å². The van der Waals surface area contributed by atoms with Crippen molar-refractivity contribution in [1.82, 2.24) is 0 Å². The SMILES string of the molecule is CC1=Nc2ccc3cc(S(=O)(=O)O)ccc3c2C1(C)C.[Na+]. The summed E-state index contributed by atoms with van der Waals surface area (Å²) in [4.78, 5) is 4.49. The summed E-state index contributed by atoms with van der Waals surface area (Å²) in [5, 5.41) is 1.76. The Hall–Kier alpha value is -0.720. The molecule has 0 atom stereocenters. The molecule has 0 radical (unpaired) electrons. The molecule has 104 valence electrons. The van der Waals surface area contributed by atoms with Gasteiger partial charge in [-0.05, 0) is 41.5 Å². The van der Waals surface area contributed by atoms with E-state index in [1.165, 1.54) is 12.1 Å². The van der Waals surface area contributed by atoms with Crippen LogP contribution in [0.4, 0.5) is 5.69 Å². The molecule has 1 N–H and O–H groups in total. The number of aliphatic imine (C=N–C) groups is 1. The van der Waals surface area contributed by atoms with E-state index in [9.17, 15) is 8.42 Å². The summed E-state index contributed by atoms with van der Waals surface area (Å²) in [5.41, 5.74) is 2.90. The summed E-state index contributed by atoms with van der Waals surface area (Å²) < 4.78 is 31.6. The molecule has 0 saturated carbocycles. The van der Waals surface area contributed by atoms with E-state index in [1.807, 2.05) is 19.1 Å². The molecular weight excluding hydrogens is 297 g/mol. The molecule has 1 aliphatic rings. The van der Waals surface area contributed by atoms with E-state index < -0.39 is 10.1 Å². The van der Waals surface area contributed by atoms with E-state index in [0.29, 0.717) is 0 Å². The van der Waals surface area contributed by atoms with Crippen LogP contribution in [0.2, 0.25) is 0 Å². The van der Waals surface area contributed by atoms with Gasteiger partial charge in [0, 0.05) is 11.1 Å². The van der Waals surface area contributed by atoms with Crippen LogP contribution >= 0.6 is 0 Å². The molecule has 2 aromatic rings. The molecule has 0 spiro atoms. The first-order chi connectivity index (χ1) is 9.21. The van der Waals surface area contributed by atoms with Gasteiger partial charge in [-0.2, -0.15) is 8.42 Å². The Balaban J connectivity index is 0.00000161. The van der Waals surface area contributed by atoms with Crippen molar-refractivity contribution in [3.05, 3.63) is 35.9 Å². The van der Waals surface area contributed by atoms with Gasteiger partial charge in [0.05, 0.1) is 10.6 Å². The van der Waals surface area contributed by atoms with Gasteiger partial charge in [-0.25, -0.2) is 0 Å². The summed E-state index contributed by atoms with van der Waals surface area (Å²) in [7, 11) is -4.18. The maximum absolute atomic E-state index is 11.2. The number of nitrogens with zero attached hydrogens (tertiary/aromatic N) is 1. The van der Waals surface area contributed by atoms with Gasteiger partial charge in [0.15, 0.2) is 0 Å². The molecule has 4 nitrogen and oxygen atoms in total. The fourth-order valence-electron chi connectivity index (χ4n) is 2.71. The van der Waals surface area contributed by atoms with Crippen LogP contribution < -0.4 is 29.6 Å². The van der Waals surface area contributed by atoms with Gasteiger partial charge >= 0.3 is 29.6 Å². The zero-order valence-corrected chi connectivity index (χ0v) is 15.3. The standard InChI is InChI=1S/C15H15NO3S.Na/c1-9-15(2,3)14-12-6-5-11(20(17,18)19)8-10(12)4-7-13(14)16-9;/h4-8H,1-3H3,(H,17,18,19);/q;+1. The van der Waals surface area contributed by atoms with E-state index in [1.54, 1.807) is 6.07 Å². The third kappa shape index (κ3) is 2.58.